The molecule has 42 heavy (non-hydrogen) atoms. The maximum atomic E-state index is 13.7. The molecule has 1 N–H and O–H groups in total. The van der Waals surface area contributed by atoms with Crippen molar-refractivity contribution in [3.63, 3.8) is 0 Å². The fraction of sp³-hybridized carbons (Fsp3) is 0.364. The number of Topliss-reactive ketones (excluding diaryl/α,β-unsaturated/α-hetero) is 1. The van der Waals surface area contributed by atoms with Crippen molar-refractivity contribution in [2.24, 2.45) is 5.92 Å². The zero-order valence-electron chi connectivity index (χ0n) is 23.3. The molecule has 4 aliphatic rings. The molecule has 3 aromatic rings. The van der Waals surface area contributed by atoms with Crippen molar-refractivity contribution < 1.29 is 29.0 Å². The summed E-state index contributed by atoms with van der Waals surface area (Å²) < 4.78 is 12.3. The second kappa shape index (κ2) is 10.2. The molecule has 2 aliphatic heterocycles. The number of ether oxygens (including phenoxy) is 2. The Hall–Kier alpha value is -4.37. The van der Waals surface area contributed by atoms with Crippen molar-refractivity contribution in [1.82, 2.24) is 14.9 Å². The lowest BCUT2D eigenvalue weighted by Crippen LogP contribution is -2.55. The number of carbonyl (C=O) groups is 3. The summed E-state index contributed by atoms with van der Waals surface area (Å²) in [7, 11) is 1.62. The number of hydrogen-bond acceptors (Lipinski definition) is 7. The summed E-state index contributed by atoms with van der Waals surface area (Å²) in [5.41, 5.74) is 2.50. The molecule has 7 rings (SSSR count). The number of hydrogen-bond donors (Lipinski definition) is 1. The van der Waals surface area contributed by atoms with Crippen LogP contribution in [0.3, 0.4) is 0 Å². The molecular weight excluding hydrogens is 534 g/mol. The van der Waals surface area contributed by atoms with Crippen molar-refractivity contribution in [3.05, 3.63) is 83.5 Å². The van der Waals surface area contributed by atoms with Crippen LogP contribution in [0, 0.1) is 5.92 Å². The largest absolute Gasteiger partial charge is 0.496 e. The standard InChI is InChI=1S/C33H31N3O6/c1-41-29-15-21(14-25-24(29)6-9-35-30(25)19-2-3-19)31(38)36-10-7-33(8-11-36)16-27(37)26-13-20(4-5-28(26)42-33)22-12-23(32(39)40)18-34-17-22/h4-6,9,12-15,17-19,26,28H,2-3,7-8,10-11,16H2,1H3,(H,39,40). The van der Waals surface area contributed by atoms with E-state index in [9.17, 15) is 19.5 Å². The molecule has 3 fully saturated rings. The summed E-state index contributed by atoms with van der Waals surface area (Å²) in [5.74, 6) is -0.348. The van der Waals surface area contributed by atoms with Crippen LogP contribution in [0.15, 0.2) is 61.1 Å². The Bertz CT molecular complexity index is 1680. The van der Waals surface area contributed by atoms with Crippen molar-refractivity contribution in [3.8, 4) is 5.75 Å². The van der Waals surface area contributed by atoms with E-state index in [1.165, 1.54) is 6.20 Å². The van der Waals surface area contributed by atoms with Gasteiger partial charge in [0.05, 0.1) is 36.0 Å². The van der Waals surface area contributed by atoms with Gasteiger partial charge in [0.1, 0.15) is 11.5 Å². The van der Waals surface area contributed by atoms with E-state index >= 15 is 0 Å². The van der Waals surface area contributed by atoms with E-state index in [-0.39, 0.29) is 23.7 Å². The maximum absolute atomic E-state index is 13.7. The number of methoxy groups -OCH3 is 1. The second-order valence-electron chi connectivity index (χ2n) is 11.7. The molecule has 1 spiro atoms. The van der Waals surface area contributed by atoms with Gasteiger partial charge in [-0.1, -0.05) is 18.2 Å². The van der Waals surface area contributed by atoms with E-state index in [0.717, 1.165) is 34.9 Å². The molecule has 1 amide bonds. The Labute approximate surface area is 242 Å². The highest BCUT2D eigenvalue weighted by Gasteiger charge is 2.48. The molecule has 2 aliphatic carbocycles. The first-order valence-corrected chi connectivity index (χ1v) is 14.4. The van der Waals surface area contributed by atoms with Crippen molar-refractivity contribution in [2.45, 2.75) is 49.7 Å². The van der Waals surface area contributed by atoms with Gasteiger partial charge in [-0.25, -0.2) is 4.79 Å². The number of aromatic nitrogens is 2. The predicted molar refractivity (Wildman–Crippen MR) is 154 cm³/mol. The number of carboxylic acid groups (broad SMARTS) is 1. The summed E-state index contributed by atoms with van der Waals surface area (Å²) in [6.07, 6.45) is 13.6. The number of rotatable bonds is 5. The molecule has 2 aromatic heterocycles. The van der Waals surface area contributed by atoms with Crippen LogP contribution in [0.1, 0.15) is 70.0 Å². The average Bonchev–Trinajstić information content (AvgIpc) is 3.86. The summed E-state index contributed by atoms with van der Waals surface area (Å²) in [6.45, 7) is 0.982. The number of pyridine rings is 2. The zero-order valence-corrected chi connectivity index (χ0v) is 23.3. The van der Waals surface area contributed by atoms with E-state index in [2.05, 4.69) is 9.97 Å². The van der Waals surface area contributed by atoms with E-state index in [4.69, 9.17) is 9.47 Å². The molecule has 1 aromatic carbocycles. The lowest BCUT2D eigenvalue weighted by atomic mass is 9.76. The molecule has 0 radical (unpaired) electrons. The number of piperidine rings is 1. The lowest BCUT2D eigenvalue weighted by molar-refractivity contribution is -0.166. The first-order valence-electron chi connectivity index (χ1n) is 14.4. The fourth-order valence-electron chi connectivity index (χ4n) is 6.56. The normalized spacial score (nSPS) is 23.0. The van der Waals surface area contributed by atoms with Gasteiger partial charge in [-0.05, 0) is 55.5 Å². The lowest BCUT2D eigenvalue weighted by Gasteiger charge is -2.47. The van der Waals surface area contributed by atoms with Gasteiger partial charge >= 0.3 is 5.97 Å². The topological polar surface area (TPSA) is 119 Å². The number of likely N-dealkylation sites (tertiary alicyclic amines) is 1. The number of amides is 1. The number of fused-ring (bicyclic) bond motifs is 2. The first kappa shape index (κ1) is 26.5. The minimum atomic E-state index is -1.05. The summed E-state index contributed by atoms with van der Waals surface area (Å²) in [5, 5.41) is 11.3. The van der Waals surface area contributed by atoms with Crippen LogP contribution >= 0.6 is 0 Å². The number of carboxylic acids is 1. The zero-order chi connectivity index (χ0) is 29.0. The summed E-state index contributed by atoms with van der Waals surface area (Å²) in [4.78, 5) is 49.0. The quantitative estimate of drug-likeness (QED) is 0.468. The number of nitrogens with zero attached hydrogens (tertiary/aromatic N) is 3. The molecule has 4 heterocycles. The van der Waals surface area contributed by atoms with Gasteiger partial charge in [0.15, 0.2) is 0 Å². The molecule has 214 valence electrons. The first-order chi connectivity index (χ1) is 20.3. The van der Waals surface area contributed by atoms with Gasteiger partial charge in [-0.15, -0.1) is 0 Å². The Balaban J connectivity index is 1.06. The maximum Gasteiger partial charge on any atom is 0.337 e. The Kier molecular flexibility index (Phi) is 6.42. The van der Waals surface area contributed by atoms with Crippen molar-refractivity contribution >= 4 is 34.0 Å². The fourth-order valence-corrected chi connectivity index (χ4v) is 6.56. The third-order valence-electron chi connectivity index (χ3n) is 9.02. The number of benzene rings is 1. The Morgan fingerprint density at radius 3 is 2.64 bits per heavy atom. The highest BCUT2D eigenvalue weighted by atomic mass is 16.5. The Morgan fingerprint density at radius 2 is 1.90 bits per heavy atom. The van der Waals surface area contributed by atoms with E-state index in [1.807, 2.05) is 47.5 Å². The number of ketones is 1. The van der Waals surface area contributed by atoms with Gasteiger partial charge in [-0.3, -0.25) is 19.6 Å². The highest BCUT2D eigenvalue weighted by molar-refractivity contribution is 6.02. The van der Waals surface area contributed by atoms with Crippen LogP contribution in [-0.2, 0) is 9.53 Å². The van der Waals surface area contributed by atoms with Crippen LogP contribution in [0.4, 0.5) is 0 Å². The molecule has 1 saturated carbocycles. The van der Waals surface area contributed by atoms with Gasteiger partial charge in [0, 0.05) is 65.9 Å². The van der Waals surface area contributed by atoms with Crippen LogP contribution in [0.2, 0.25) is 0 Å². The van der Waals surface area contributed by atoms with Gasteiger partial charge in [-0.2, -0.15) is 0 Å². The van der Waals surface area contributed by atoms with Crippen LogP contribution in [0.5, 0.6) is 5.75 Å². The molecule has 2 unspecified atom stereocenters. The third kappa shape index (κ3) is 4.67. The third-order valence-corrected chi connectivity index (χ3v) is 9.02. The monoisotopic (exact) mass is 565 g/mol. The molecule has 2 atom stereocenters. The molecule has 9 nitrogen and oxygen atoms in total. The van der Waals surface area contributed by atoms with Crippen molar-refractivity contribution in [2.75, 3.05) is 20.2 Å². The molecule has 9 heteroatoms. The van der Waals surface area contributed by atoms with Gasteiger partial charge in [0.2, 0.25) is 0 Å². The minimum absolute atomic E-state index is 0.0574. The molecule has 2 saturated heterocycles. The van der Waals surface area contributed by atoms with E-state index < -0.39 is 23.6 Å². The van der Waals surface area contributed by atoms with Crippen LogP contribution in [-0.4, -0.2) is 69.5 Å². The number of allylic oxidation sites excluding steroid dienone is 2. The van der Waals surface area contributed by atoms with E-state index in [0.29, 0.717) is 48.7 Å². The highest BCUT2D eigenvalue weighted by Crippen LogP contribution is 2.44. The Morgan fingerprint density at radius 1 is 1.10 bits per heavy atom. The second-order valence-corrected chi connectivity index (χ2v) is 11.7. The van der Waals surface area contributed by atoms with Crippen molar-refractivity contribution in [1.29, 1.82) is 0 Å². The van der Waals surface area contributed by atoms with Gasteiger partial charge in [0.25, 0.3) is 5.91 Å². The SMILES string of the molecule is COc1cc(C(=O)N2CCC3(CC2)CC(=O)C2C=C(c4cncc(C(=O)O)c4)C=CC2O3)cc2c(C3CC3)nccc12. The smallest absolute Gasteiger partial charge is 0.337 e. The van der Waals surface area contributed by atoms with E-state index in [1.54, 1.807) is 19.4 Å². The number of carbonyl (C=O) groups excluding carboxylic acids is 2. The van der Waals surface area contributed by atoms with Crippen LogP contribution in [0.25, 0.3) is 16.3 Å². The minimum Gasteiger partial charge on any atom is -0.496 e. The molecule has 0 bridgehead atoms. The summed E-state index contributed by atoms with van der Waals surface area (Å²) in [6, 6.07) is 7.26. The number of aromatic carboxylic acids is 1. The average molecular weight is 566 g/mol. The predicted octanol–water partition coefficient (Wildman–Crippen LogP) is 4.82. The van der Waals surface area contributed by atoms with Crippen LogP contribution < -0.4 is 4.74 Å². The summed E-state index contributed by atoms with van der Waals surface area (Å²) >= 11 is 0. The molecular formula is C33H31N3O6. The van der Waals surface area contributed by atoms with Gasteiger partial charge < -0.3 is 19.5 Å².